The smallest absolute Gasteiger partial charge is 0.257 e. The van der Waals surface area contributed by atoms with Gasteiger partial charge in [-0.1, -0.05) is 12.1 Å². The molecule has 3 aromatic rings. The SMILES string of the molecule is C[C@@H](C(=O)Nc1cn(Cc2cccc(F)c2)cn1)N1CCC(F)(F)[C@@H](c2cc[n+]([O-])cc2)C1. The molecule has 1 aliphatic rings. The normalized spacial score (nSPS) is 19.2. The average Bonchev–Trinajstić information content (AvgIpc) is 3.20. The van der Waals surface area contributed by atoms with Gasteiger partial charge in [-0.2, -0.15) is 4.73 Å². The Balaban J connectivity index is 1.39. The van der Waals surface area contributed by atoms with E-state index < -0.39 is 17.9 Å². The summed E-state index contributed by atoms with van der Waals surface area (Å²) in [7, 11) is 0. The van der Waals surface area contributed by atoms with E-state index in [2.05, 4.69) is 10.3 Å². The molecule has 0 aliphatic carbocycles. The van der Waals surface area contributed by atoms with Gasteiger partial charge in [-0.3, -0.25) is 9.69 Å². The van der Waals surface area contributed by atoms with E-state index in [1.165, 1.54) is 43.0 Å². The fourth-order valence-electron chi connectivity index (χ4n) is 4.04. The highest BCUT2D eigenvalue weighted by Gasteiger charge is 2.46. The molecule has 174 valence electrons. The van der Waals surface area contributed by atoms with Crippen LogP contribution in [0.25, 0.3) is 0 Å². The number of pyridine rings is 1. The van der Waals surface area contributed by atoms with Gasteiger partial charge in [0.1, 0.15) is 5.82 Å². The summed E-state index contributed by atoms with van der Waals surface area (Å²) in [5.41, 5.74) is 1.11. The average molecular weight is 459 g/mol. The lowest BCUT2D eigenvalue weighted by molar-refractivity contribution is -0.605. The van der Waals surface area contributed by atoms with Crippen LogP contribution in [0.2, 0.25) is 0 Å². The summed E-state index contributed by atoms with van der Waals surface area (Å²) in [6.45, 7) is 2.11. The number of hydrogen-bond donors (Lipinski definition) is 1. The predicted molar refractivity (Wildman–Crippen MR) is 115 cm³/mol. The molecule has 0 unspecified atom stereocenters. The molecule has 0 spiro atoms. The zero-order valence-corrected chi connectivity index (χ0v) is 18.0. The summed E-state index contributed by atoms with van der Waals surface area (Å²) in [5, 5.41) is 14.0. The van der Waals surface area contributed by atoms with Crippen molar-refractivity contribution in [3.8, 4) is 0 Å². The highest BCUT2D eigenvalue weighted by molar-refractivity contribution is 5.93. The van der Waals surface area contributed by atoms with Gasteiger partial charge in [0.2, 0.25) is 5.91 Å². The number of likely N-dealkylation sites (tertiary alicyclic amines) is 1. The number of carbonyl (C=O) groups is 1. The number of amides is 1. The van der Waals surface area contributed by atoms with E-state index >= 15 is 0 Å². The molecular formula is C23H24F3N5O2. The number of benzene rings is 1. The molecule has 4 rings (SSSR count). The molecule has 1 amide bonds. The molecule has 0 bridgehead atoms. The number of anilines is 1. The molecule has 0 saturated carbocycles. The maximum Gasteiger partial charge on any atom is 0.257 e. The van der Waals surface area contributed by atoms with Crippen molar-refractivity contribution < 1.29 is 22.7 Å². The van der Waals surface area contributed by atoms with Crippen LogP contribution in [0.5, 0.6) is 0 Å². The zero-order valence-electron chi connectivity index (χ0n) is 18.0. The van der Waals surface area contributed by atoms with Crippen molar-refractivity contribution >= 4 is 11.7 Å². The number of alkyl halides is 2. The van der Waals surface area contributed by atoms with Crippen molar-refractivity contribution in [3.63, 3.8) is 0 Å². The van der Waals surface area contributed by atoms with E-state index in [0.29, 0.717) is 22.7 Å². The molecule has 2 atom stereocenters. The van der Waals surface area contributed by atoms with Crippen LogP contribution in [-0.4, -0.2) is 45.4 Å². The predicted octanol–water partition coefficient (Wildman–Crippen LogP) is 3.16. The van der Waals surface area contributed by atoms with Crippen LogP contribution in [0.15, 0.2) is 61.3 Å². The Morgan fingerprint density at radius 1 is 1.33 bits per heavy atom. The van der Waals surface area contributed by atoms with E-state index in [1.54, 1.807) is 34.7 Å². The first kappa shape index (κ1) is 22.8. The summed E-state index contributed by atoms with van der Waals surface area (Å²) < 4.78 is 44.8. The lowest BCUT2D eigenvalue weighted by Gasteiger charge is -2.40. The standard InChI is InChI=1S/C23H24F3N5O2/c1-16(30-10-7-23(25,26)20(13-30)18-5-8-31(33)9-6-18)22(32)28-21-14-29(15-27-21)12-17-3-2-4-19(24)11-17/h2-6,8-9,11,14-16,20H,7,10,12-13H2,1H3,(H,28,32)/t16-,20+/m0/s1. The molecule has 3 heterocycles. The van der Waals surface area contributed by atoms with Gasteiger partial charge in [-0.05, 0) is 30.2 Å². The first-order valence-electron chi connectivity index (χ1n) is 10.6. The van der Waals surface area contributed by atoms with Crippen molar-refractivity contribution in [2.45, 2.75) is 37.8 Å². The van der Waals surface area contributed by atoms with Crippen LogP contribution < -0.4 is 10.0 Å². The number of carbonyl (C=O) groups excluding carboxylic acids is 1. The van der Waals surface area contributed by atoms with Gasteiger partial charge in [0.25, 0.3) is 5.92 Å². The first-order chi connectivity index (χ1) is 15.7. The summed E-state index contributed by atoms with van der Waals surface area (Å²) in [4.78, 5) is 18.7. The number of hydrogen-bond acceptors (Lipinski definition) is 4. The monoisotopic (exact) mass is 459 g/mol. The fourth-order valence-corrected chi connectivity index (χ4v) is 4.04. The molecule has 0 radical (unpaired) electrons. The number of nitrogens with one attached hydrogen (secondary N) is 1. The number of aromatic nitrogens is 3. The van der Waals surface area contributed by atoms with Gasteiger partial charge < -0.3 is 15.1 Å². The van der Waals surface area contributed by atoms with Gasteiger partial charge in [-0.25, -0.2) is 18.2 Å². The molecule has 1 saturated heterocycles. The van der Waals surface area contributed by atoms with Crippen LogP contribution in [0.3, 0.4) is 0 Å². The summed E-state index contributed by atoms with van der Waals surface area (Å²) in [6.07, 6.45) is 5.16. The van der Waals surface area contributed by atoms with E-state index in [-0.39, 0.29) is 31.2 Å². The Morgan fingerprint density at radius 2 is 2.09 bits per heavy atom. The Morgan fingerprint density at radius 3 is 2.82 bits per heavy atom. The maximum atomic E-state index is 14.6. The third-order valence-corrected chi connectivity index (χ3v) is 5.96. The largest absolute Gasteiger partial charge is 0.619 e. The van der Waals surface area contributed by atoms with Crippen molar-refractivity contribution in [1.82, 2.24) is 14.5 Å². The van der Waals surface area contributed by atoms with Crippen LogP contribution in [0.1, 0.15) is 30.4 Å². The summed E-state index contributed by atoms with van der Waals surface area (Å²) in [6, 6.07) is 8.32. The van der Waals surface area contributed by atoms with Gasteiger partial charge in [0, 0.05) is 44.4 Å². The second-order valence-corrected chi connectivity index (χ2v) is 8.28. The van der Waals surface area contributed by atoms with Crippen molar-refractivity contribution in [1.29, 1.82) is 0 Å². The lowest BCUT2D eigenvalue weighted by atomic mass is 9.87. The number of piperidine rings is 1. The first-order valence-corrected chi connectivity index (χ1v) is 10.6. The van der Waals surface area contributed by atoms with Crippen molar-refractivity contribution in [2.75, 3.05) is 18.4 Å². The second-order valence-electron chi connectivity index (χ2n) is 8.28. The third kappa shape index (κ3) is 5.33. The molecule has 2 aromatic heterocycles. The molecule has 7 nitrogen and oxygen atoms in total. The molecule has 10 heteroatoms. The third-order valence-electron chi connectivity index (χ3n) is 5.96. The van der Waals surface area contributed by atoms with Gasteiger partial charge in [0.15, 0.2) is 18.2 Å². The van der Waals surface area contributed by atoms with Gasteiger partial charge in [0.05, 0.1) is 18.3 Å². The van der Waals surface area contributed by atoms with Crippen LogP contribution in [-0.2, 0) is 11.3 Å². The Labute approximate surface area is 189 Å². The van der Waals surface area contributed by atoms with Gasteiger partial charge in [-0.15, -0.1) is 0 Å². The highest BCUT2D eigenvalue weighted by atomic mass is 19.3. The molecule has 33 heavy (non-hydrogen) atoms. The topological polar surface area (TPSA) is 77.1 Å². The van der Waals surface area contributed by atoms with E-state index in [9.17, 15) is 23.2 Å². The summed E-state index contributed by atoms with van der Waals surface area (Å²) in [5.74, 6) is -4.42. The number of halogens is 3. The van der Waals surface area contributed by atoms with Crippen LogP contribution in [0, 0.1) is 11.0 Å². The van der Waals surface area contributed by atoms with Crippen LogP contribution >= 0.6 is 0 Å². The maximum absolute atomic E-state index is 14.6. The van der Waals surface area contributed by atoms with Crippen molar-refractivity contribution in [2.24, 2.45) is 0 Å². The van der Waals surface area contributed by atoms with E-state index in [0.717, 1.165) is 5.56 Å². The molecule has 1 aromatic carbocycles. The number of nitrogens with zero attached hydrogens (tertiary/aromatic N) is 4. The number of imidazole rings is 1. The Bertz CT molecular complexity index is 1120. The zero-order chi connectivity index (χ0) is 23.6. The van der Waals surface area contributed by atoms with E-state index in [4.69, 9.17) is 0 Å². The molecular weight excluding hydrogens is 435 g/mol. The fraction of sp³-hybridized carbons (Fsp3) is 0.348. The minimum atomic E-state index is -2.93. The number of rotatable bonds is 6. The van der Waals surface area contributed by atoms with Gasteiger partial charge >= 0.3 is 0 Å². The summed E-state index contributed by atoms with van der Waals surface area (Å²) >= 11 is 0. The highest BCUT2D eigenvalue weighted by Crippen LogP contribution is 2.40. The minimum absolute atomic E-state index is 0.0154. The molecule has 1 fully saturated rings. The molecule has 1 N–H and O–H groups in total. The van der Waals surface area contributed by atoms with Crippen molar-refractivity contribution in [3.05, 3.63) is 83.5 Å². The Hall–Kier alpha value is -3.40. The quantitative estimate of drug-likeness (QED) is 0.454. The molecule has 1 aliphatic heterocycles. The lowest BCUT2D eigenvalue weighted by Crippen LogP contribution is -2.52. The Kier molecular flexibility index (Phi) is 6.37. The minimum Gasteiger partial charge on any atom is -0.619 e. The second kappa shape index (κ2) is 9.22. The van der Waals surface area contributed by atoms with E-state index in [1.807, 2.05) is 0 Å². The van der Waals surface area contributed by atoms with Crippen LogP contribution in [0.4, 0.5) is 19.0 Å².